The summed E-state index contributed by atoms with van der Waals surface area (Å²) >= 11 is 3.00. The number of carboxylic acid groups (broad SMARTS) is 1. The van der Waals surface area contributed by atoms with Crippen LogP contribution in [0.2, 0.25) is 0 Å². The zero-order valence-electron chi connectivity index (χ0n) is 6.00. The number of aromatic nitrogens is 1. The van der Waals surface area contributed by atoms with E-state index >= 15 is 0 Å². The van der Waals surface area contributed by atoms with Crippen molar-refractivity contribution in [2.24, 2.45) is 0 Å². The van der Waals surface area contributed by atoms with E-state index in [0.29, 0.717) is 10.2 Å². The second-order valence-corrected chi connectivity index (χ2v) is 3.09. The number of pyridine rings is 1. The highest BCUT2D eigenvalue weighted by atomic mass is 79.9. The Labute approximate surface area is 76.4 Å². The van der Waals surface area contributed by atoms with E-state index in [4.69, 9.17) is 5.11 Å². The maximum absolute atomic E-state index is 10.9. The molecule has 1 rings (SSSR count). The summed E-state index contributed by atoms with van der Waals surface area (Å²) in [5.41, 5.74) is 0.0875. The molecule has 4 nitrogen and oxygen atoms in total. The molecule has 0 unspecified atom stereocenters. The second-order valence-electron chi connectivity index (χ2n) is 2.23. The molecule has 1 aromatic heterocycles. The van der Waals surface area contributed by atoms with Gasteiger partial charge in [-0.05, 0) is 28.1 Å². The lowest BCUT2D eigenvalue weighted by Gasteiger charge is -1.95. The molecule has 1 heterocycles. The summed E-state index contributed by atoms with van der Waals surface area (Å²) < 4.78 is 0.400. The van der Waals surface area contributed by atoms with E-state index in [0.717, 1.165) is 0 Å². The third-order valence-electron chi connectivity index (χ3n) is 1.26. The van der Waals surface area contributed by atoms with Gasteiger partial charge in [-0.25, -0.2) is 0 Å². The zero-order chi connectivity index (χ0) is 9.14. The zero-order valence-corrected chi connectivity index (χ0v) is 7.59. The van der Waals surface area contributed by atoms with E-state index in [1.807, 2.05) is 0 Å². The van der Waals surface area contributed by atoms with Gasteiger partial charge in [0, 0.05) is 5.69 Å². The van der Waals surface area contributed by atoms with E-state index in [-0.39, 0.29) is 12.0 Å². The van der Waals surface area contributed by atoms with Crippen molar-refractivity contribution in [3.63, 3.8) is 0 Å². The molecule has 0 fully saturated rings. The lowest BCUT2D eigenvalue weighted by molar-refractivity contribution is -0.136. The SMILES string of the molecule is O=C(O)Cc1ccc(Br)c(=O)[nH]1. The predicted molar refractivity (Wildman–Crippen MR) is 46.1 cm³/mol. The molecule has 0 amide bonds. The van der Waals surface area contributed by atoms with Crippen molar-refractivity contribution in [2.75, 3.05) is 0 Å². The van der Waals surface area contributed by atoms with Gasteiger partial charge in [-0.15, -0.1) is 0 Å². The number of hydrogen-bond acceptors (Lipinski definition) is 2. The first-order valence-corrected chi connectivity index (χ1v) is 3.98. The standard InChI is InChI=1S/C7H6BrNO3/c8-5-2-1-4(3-6(10)11)9-7(5)12/h1-2H,3H2,(H,9,12)(H,10,11). The molecule has 0 aliphatic carbocycles. The van der Waals surface area contributed by atoms with E-state index in [9.17, 15) is 9.59 Å². The van der Waals surface area contributed by atoms with Gasteiger partial charge in [0.2, 0.25) is 0 Å². The Morgan fingerprint density at radius 2 is 2.25 bits per heavy atom. The number of rotatable bonds is 2. The summed E-state index contributed by atoms with van der Waals surface area (Å²) in [5, 5.41) is 8.39. The van der Waals surface area contributed by atoms with Gasteiger partial charge in [0.15, 0.2) is 0 Å². The van der Waals surface area contributed by atoms with Crippen LogP contribution in [0.15, 0.2) is 21.4 Å². The molecule has 64 valence electrons. The van der Waals surface area contributed by atoms with Crippen molar-refractivity contribution in [2.45, 2.75) is 6.42 Å². The number of carboxylic acids is 1. The Kier molecular flexibility index (Phi) is 2.65. The Hall–Kier alpha value is -1.10. The number of nitrogens with one attached hydrogen (secondary N) is 1. The van der Waals surface area contributed by atoms with Gasteiger partial charge in [0.25, 0.3) is 5.56 Å². The van der Waals surface area contributed by atoms with E-state index in [1.54, 1.807) is 6.07 Å². The summed E-state index contributed by atoms with van der Waals surface area (Å²) in [4.78, 5) is 23.6. The van der Waals surface area contributed by atoms with Crippen LogP contribution >= 0.6 is 15.9 Å². The van der Waals surface area contributed by atoms with Gasteiger partial charge < -0.3 is 10.1 Å². The number of H-pyrrole nitrogens is 1. The molecule has 0 saturated carbocycles. The highest BCUT2D eigenvalue weighted by molar-refractivity contribution is 9.10. The van der Waals surface area contributed by atoms with Crippen molar-refractivity contribution in [3.05, 3.63) is 32.7 Å². The minimum Gasteiger partial charge on any atom is -0.481 e. The van der Waals surface area contributed by atoms with Crippen LogP contribution in [0.4, 0.5) is 0 Å². The predicted octanol–water partition coefficient (Wildman–Crippen LogP) is 0.765. The molecule has 0 saturated heterocycles. The fraction of sp³-hybridized carbons (Fsp3) is 0.143. The maximum atomic E-state index is 10.9. The maximum Gasteiger partial charge on any atom is 0.309 e. The van der Waals surface area contributed by atoms with Crippen LogP contribution < -0.4 is 5.56 Å². The first kappa shape index (κ1) is 8.99. The Morgan fingerprint density at radius 3 is 2.75 bits per heavy atom. The summed E-state index contributed by atoms with van der Waals surface area (Å²) in [6.07, 6.45) is -0.164. The van der Waals surface area contributed by atoms with Gasteiger partial charge in [-0.3, -0.25) is 9.59 Å². The lowest BCUT2D eigenvalue weighted by Crippen LogP contribution is -2.11. The van der Waals surface area contributed by atoms with Crippen molar-refractivity contribution < 1.29 is 9.90 Å². The average molecular weight is 232 g/mol. The van der Waals surface area contributed by atoms with Gasteiger partial charge in [-0.2, -0.15) is 0 Å². The third-order valence-corrected chi connectivity index (χ3v) is 1.89. The first-order chi connectivity index (χ1) is 5.59. The van der Waals surface area contributed by atoms with Gasteiger partial charge in [0.1, 0.15) is 0 Å². The van der Waals surface area contributed by atoms with Crippen LogP contribution in [0.1, 0.15) is 5.69 Å². The highest BCUT2D eigenvalue weighted by Crippen LogP contribution is 2.02. The molecular formula is C7H6BrNO3. The quantitative estimate of drug-likeness (QED) is 0.790. The van der Waals surface area contributed by atoms with Gasteiger partial charge in [0.05, 0.1) is 10.9 Å². The number of aliphatic carboxylic acids is 1. The topological polar surface area (TPSA) is 70.2 Å². The number of aromatic amines is 1. The molecule has 0 spiro atoms. The molecule has 0 aliphatic heterocycles. The monoisotopic (exact) mass is 231 g/mol. The van der Waals surface area contributed by atoms with Crippen molar-refractivity contribution in [1.29, 1.82) is 0 Å². The van der Waals surface area contributed by atoms with Crippen molar-refractivity contribution >= 4 is 21.9 Å². The van der Waals surface area contributed by atoms with Crippen LogP contribution in [0.5, 0.6) is 0 Å². The van der Waals surface area contributed by atoms with Gasteiger partial charge >= 0.3 is 5.97 Å². The average Bonchev–Trinajstić information content (AvgIpc) is 1.96. The summed E-state index contributed by atoms with van der Waals surface area (Å²) in [7, 11) is 0. The molecule has 1 aromatic rings. The number of hydrogen-bond donors (Lipinski definition) is 2. The van der Waals surface area contributed by atoms with Crippen LogP contribution in [0, 0.1) is 0 Å². The Bertz CT molecular complexity index is 358. The lowest BCUT2D eigenvalue weighted by atomic mass is 10.3. The molecule has 0 radical (unpaired) electrons. The largest absolute Gasteiger partial charge is 0.481 e. The Morgan fingerprint density at radius 1 is 1.58 bits per heavy atom. The molecule has 12 heavy (non-hydrogen) atoms. The Balaban J connectivity index is 2.97. The number of carbonyl (C=O) groups is 1. The normalized spacial score (nSPS) is 9.75. The van der Waals surface area contributed by atoms with Crippen molar-refractivity contribution in [3.8, 4) is 0 Å². The minimum atomic E-state index is -0.965. The van der Waals surface area contributed by atoms with Crippen LogP contribution in [0.25, 0.3) is 0 Å². The summed E-state index contributed by atoms with van der Waals surface area (Å²) in [6, 6.07) is 3.08. The molecule has 0 aromatic carbocycles. The van der Waals surface area contributed by atoms with E-state index < -0.39 is 5.97 Å². The minimum absolute atomic E-state index is 0.164. The van der Waals surface area contributed by atoms with Crippen LogP contribution in [-0.4, -0.2) is 16.1 Å². The van der Waals surface area contributed by atoms with Crippen LogP contribution in [0.3, 0.4) is 0 Å². The van der Waals surface area contributed by atoms with Gasteiger partial charge in [-0.1, -0.05) is 0 Å². The highest BCUT2D eigenvalue weighted by Gasteiger charge is 2.01. The fourth-order valence-electron chi connectivity index (χ4n) is 0.763. The molecule has 0 aliphatic rings. The van der Waals surface area contributed by atoms with Crippen molar-refractivity contribution in [1.82, 2.24) is 4.98 Å². The summed E-state index contributed by atoms with van der Waals surface area (Å²) in [6.45, 7) is 0. The smallest absolute Gasteiger partial charge is 0.309 e. The van der Waals surface area contributed by atoms with Crippen LogP contribution in [-0.2, 0) is 11.2 Å². The number of halogens is 1. The third kappa shape index (κ3) is 2.20. The second kappa shape index (κ2) is 3.53. The fourth-order valence-corrected chi connectivity index (χ4v) is 0.994. The molecular weight excluding hydrogens is 226 g/mol. The summed E-state index contributed by atoms with van der Waals surface area (Å²) in [5.74, 6) is -0.965. The molecule has 0 bridgehead atoms. The first-order valence-electron chi connectivity index (χ1n) is 3.19. The van der Waals surface area contributed by atoms with E-state index in [1.165, 1.54) is 6.07 Å². The molecule has 0 atom stereocenters. The molecule has 5 heteroatoms. The van der Waals surface area contributed by atoms with E-state index in [2.05, 4.69) is 20.9 Å². The molecule has 2 N–H and O–H groups in total.